The Balaban J connectivity index is 2.59. The number of nitrogens with zero attached hydrogens (tertiary/aromatic N) is 2. The van der Waals surface area contributed by atoms with Gasteiger partial charge in [-0.1, -0.05) is 65.8 Å². The topological polar surface area (TPSA) is 25.8 Å². The Bertz CT molecular complexity index is 570. The summed E-state index contributed by atoms with van der Waals surface area (Å²) in [7, 11) is 0. The van der Waals surface area contributed by atoms with Crippen molar-refractivity contribution < 1.29 is 0 Å². The molecule has 0 aliphatic heterocycles. The van der Waals surface area contributed by atoms with Crippen LogP contribution < -0.4 is 0 Å². The van der Waals surface area contributed by atoms with Gasteiger partial charge in [0.25, 0.3) is 0 Å². The normalized spacial score (nSPS) is 10.8. The number of halogens is 4. The second-order valence-corrected chi connectivity index (χ2v) is 5.48. The molecule has 0 bridgehead atoms. The van der Waals surface area contributed by atoms with Gasteiger partial charge in [-0.2, -0.15) is 0 Å². The fourth-order valence-electron chi connectivity index (χ4n) is 1.71. The third-order valence-electron chi connectivity index (χ3n) is 2.59. The average molecular weight is 336 g/mol. The fourth-order valence-corrected chi connectivity index (χ4v) is 2.85. The summed E-state index contributed by atoms with van der Waals surface area (Å²) in [6.45, 7) is 2.03. The number of aromatic nitrogens is 2. The van der Waals surface area contributed by atoms with Crippen LogP contribution in [0, 0.1) is 0 Å². The molecule has 0 radical (unpaired) electrons. The quantitative estimate of drug-likeness (QED) is 0.671. The summed E-state index contributed by atoms with van der Waals surface area (Å²) in [4.78, 5) is 8.49. The minimum Gasteiger partial charge on any atom is -0.216 e. The van der Waals surface area contributed by atoms with E-state index in [2.05, 4.69) is 9.97 Å². The second kappa shape index (κ2) is 6.27. The summed E-state index contributed by atoms with van der Waals surface area (Å²) >= 11 is 24.5. The van der Waals surface area contributed by atoms with Gasteiger partial charge in [0.1, 0.15) is 10.3 Å². The Hall–Kier alpha value is -0.540. The zero-order valence-corrected chi connectivity index (χ0v) is 13.1. The number of benzene rings is 1. The maximum Gasteiger partial charge on any atom is 0.165 e. The third kappa shape index (κ3) is 3.14. The summed E-state index contributed by atoms with van der Waals surface area (Å²) in [6.07, 6.45) is 1.64. The molecular formula is C13H10Cl4N2. The molecule has 0 aliphatic rings. The summed E-state index contributed by atoms with van der Waals surface area (Å²) in [6, 6.07) is 5.19. The number of rotatable bonds is 3. The van der Waals surface area contributed by atoms with E-state index in [-0.39, 0.29) is 0 Å². The summed E-state index contributed by atoms with van der Waals surface area (Å²) in [5.41, 5.74) is 1.29. The van der Waals surface area contributed by atoms with Gasteiger partial charge in [-0.3, -0.25) is 0 Å². The van der Waals surface area contributed by atoms with E-state index in [1.165, 1.54) is 0 Å². The molecule has 1 aromatic heterocycles. The van der Waals surface area contributed by atoms with E-state index in [1.54, 1.807) is 18.2 Å². The molecule has 0 amide bonds. The van der Waals surface area contributed by atoms with Gasteiger partial charge in [0.2, 0.25) is 0 Å². The molecule has 2 aromatic rings. The first-order valence-electron chi connectivity index (χ1n) is 5.71. The van der Waals surface area contributed by atoms with Gasteiger partial charge in [-0.25, -0.2) is 9.97 Å². The lowest BCUT2D eigenvalue weighted by Crippen LogP contribution is -1.98. The Kier molecular flexibility index (Phi) is 4.91. The molecule has 0 unspecified atom stereocenters. The molecule has 0 aliphatic carbocycles. The van der Waals surface area contributed by atoms with Crippen LogP contribution in [0.3, 0.4) is 0 Å². The van der Waals surface area contributed by atoms with Crippen molar-refractivity contribution >= 4 is 46.4 Å². The zero-order chi connectivity index (χ0) is 14.0. The highest BCUT2D eigenvalue weighted by atomic mass is 35.5. The highest BCUT2D eigenvalue weighted by Crippen LogP contribution is 2.34. The van der Waals surface area contributed by atoms with Gasteiger partial charge in [0.05, 0.1) is 15.6 Å². The predicted octanol–water partition coefficient (Wildman–Crippen LogP) is 5.71. The molecule has 0 atom stereocenters. The molecule has 2 rings (SSSR count). The van der Waals surface area contributed by atoms with Crippen LogP contribution >= 0.6 is 46.4 Å². The van der Waals surface area contributed by atoms with Crippen molar-refractivity contribution in [1.29, 1.82) is 0 Å². The van der Waals surface area contributed by atoms with Crippen LogP contribution in [0.25, 0.3) is 11.4 Å². The van der Waals surface area contributed by atoms with E-state index < -0.39 is 0 Å². The van der Waals surface area contributed by atoms with E-state index in [0.717, 1.165) is 18.4 Å². The zero-order valence-electron chi connectivity index (χ0n) is 10.1. The number of hydrogen-bond donors (Lipinski definition) is 0. The molecule has 19 heavy (non-hydrogen) atoms. The van der Waals surface area contributed by atoms with E-state index in [1.807, 2.05) is 6.92 Å². The molecule has 1 heterocycles. The van der Waals surface area contributed by atoms with Crippen LogP contribution in [-0.2, 0) is 6.42 Å². The van der Waals surface area contributed by atoms with Crippen LogP contribution in [0.1, 0.15) is 18.9 Å². The molecule has 2 nitrogen and oxygen atoms in total. The molecule has 0 spiro atoms. The van der Waals surface area contributed by atoms with Gasteiger partial charge in [-0.15, -0.1) is 0 Å². The first-order chi connectivity index (χ1) is 9.04. The third-order valence-corrected chi connectivity index (χ3v) is 3.85. The molecule has 1 aromatic carbocycles. The van der Waals surface area contributed by atoms with Crippen molar-refractivity contribution in [3.05, 3.63) is 44.1 Å². The Morgan fingerprint density at radius 2 is 1.47 bits per heavy atom. The van der Waals surface area contributed by atoms with E-state index in [0.29, 0.717) is 31.7 Å². The molecule has 0 saturated heterocycles. The largest absolute Gasteiger partial charge is 0.216 e. The monoisotopic (exact) mass is 334 g/mol. The van der Waals surface area contributed by atoms with Crippen LogP contribution in [0.15, 0.2) is 18.2 Å². The van der Waals surface area contributed by atoms with E-state index in [4.69, 9.17) is 46.4 Å². The van der Waals surface area contributed by atoms with Crippen molar-refractivity contribution in [2.75, 3.05) is 0 Å². The molecular weight excluding hydrogens is 326 g/mol. The summed E-state index contributed by atoms with van der Waals surface area (Å²) in [5, 5.41) is 1.60. The Labute approximate surface area is 131 Å². The standard InChI is InChI=1S/C13H10Cl4N2/c1-2-4-7-11(16)18-13(19-12(7)17)10-8(14)5-3-6-9(10)15/h3,5-6H,2,4H2,1H3. The Morgan fingerprint density at radius 1 is 0.947 bits per heavy atom. The minimum absolute atomic E-state index is 0.338. The second-order valence-electron chi connectivity index (χ2n) is 3.95. The summed E-state index contributed by atoms with van der Waals surface area (Å²) < 4.78 is 0. The molecule has 0 N–H and O–H groups in total. The molecule has 0 fully saturated rings. The smallest absolute Gasteiger partial charge is 0.165 e. The lowest BCUT2D eigenvalue weighted by atomic mass is 10.2. The molecule has 100 valence electrons. The average Bonchev–Trinajstić information content (AvgIpc) is 2.33. The maximum absolute atomic E-state index is 6.15. The first-order valence-corrected chi connectivity index (χ1v) is 7.22. The number of hydrogen-bond acceptors (Lipinski definition) is 2. The predicted molar refractivity (Wildman–Crippen MR) is 81.5 cm³/mol. The molecule has 0 saturated carbocycles. The lowest BCUT2D eigenvalue weighted by molar-refractivity contribution is 0.903. The van der Waals surface area contributed by atoms with Gasteiger partial charge in [0, 0.05) is 5.56 Å². The molecule has 6 heteroatoms. The Morgan fingerprint density at radius 3 is 1.95 bits per heavy atom. The van der Waals surface area contributed by atoms with Crippen LogP contribution in [0.5, 0.6) is 0 Å². The highest BCUT2D eigenvalue weighted by Gasteiger charge is 2.16. The van der Waals surface area contributed by atoms with Crippen molar-refractivity contribution in [3.8, 4) is 11.4 Å². The van der Waals surface area contributed by atoms with E-state index in [9.17, 15) is 0 Å². The van der Waals surface area contributed by atoms with Gasteiger partial charge < -0.3 is 0 Å². The van der Waals surface area contributed by atoms with Crippen molar-refractivity contribution in [3.63, 3.8) is 0 Å². The van der Waals surface area contributed by atoms with E-state index >= 15 is 0 Å². The van der Waals surface area contributed by atoms with Crippen molar-refractivity contribution in [1.82, 2.24) is 9.97 Å². The lowest BCUT2D eigenvalue weighted by Gasteiger charge is -2.09. The highest BCUT2D eigenvalue weighted by molar-refractivity contribution is 6.39. The van der Waals surface area contributed by atoms with Gasteiger partial charge in [0.15, 0.2) is 5.82 Å². The minimum atomic E-state index is 0.338. The SMILES string of the molecule is CCCc1c(Cl)nc(-c2c(Cl)cccc2Cl)nc1Cl. The van der Waals surface area contributed by atoms with Crippen LogP contribution in [0.4, 0.5) is 0 Å². The van der Waals surface area contributed by atoms with Gasteiger partial charge in [-0.05, 0) is 18.6 Å². The van der Waals surface area contributed by atoms with Crippen molar-refractivity contribution in [2.24, 2.45) is 0 Å². The van der Waals surface area contributed by atoms with Crippen LogP contribution in [-0.4, -0.2) is 9.97 Å². The van der Waals surface area contributed by atoms with Crippen molar-refractivity contribution in [2.45, 2.75) is 19.8 Å². The van der Waals surface area contributed by atoms with Gasteiger partial charge >= 0.3 is 0 Å². The first kappa shape index (κ1) is 14.9. The van der Waals surface area contributed by atoms with Crippen LogP contribution in [0.2, 0.25) is 20.4 Å². The summed E-state index contributed by atoms with van der Waals surface area (Å²) in [5.74, 6) is 0.338. The maximum atomic E-state index is 6.15. The fraction of sp³-hybridized carbons (Fsp3) is 0.231.